The minimum Gasteiger partial charge on any atom is -0.206 e. The van der Waals surface area contributed by atoms with E-state index >= 15 is 0 Å². The van der Waals surface area contributed by atoms with Crippen LogP contribution < -0.4 is 4.72 Å². The molecule has 3 nitrogen and oxygen atoms in total. The molecule has 0 unspecified atom stereocenters. The number of rotatable bonds is 5. The van der Waals surface area contributed by atoms with Crippen LogP contribution >= 0.6 is 49.9 Å². The van der Waals surface area contributed by atoms with Gasteiger partial charge in [-0.05, 0) is 67.5 Å². The van der Waals surface area contributed by atoms with Gasteiger partial charge in [-0.25, -0.2) is 13.1 Å². The van der Waals surface area contributed by atoms with Gasteiger partial charge >= 0.3 is 0 Å². The molecule has 0 aromatic carbocycles. The summed E-state index contributed by atoms with van der Waals surface area (Å²) in [6, 6.07) is 7.42. The molecule has 0 aliphatic heterocycles. The van der Waals surface area contributed by atoms with Gasteiger partial charge < -0.3 is 0 Å². The van der Waals surface area contributed by atoms with Crippen LogP contribution in [-0.4, -0.2) is 8.42 Å². The van der Waals surface area contributed by atoms with E-state index < -0.39 is 10.0 Å². The van der Waals surface area contributed by atoms with Crippen LogP contribution in [0.2, 0.25) is 0 Å². The average Bonchev–Trinajstić information content (AvgIpc) is 3.17. The lowest BCUT2D eigenvalue weighted by molar-refractivity contribution is 0.584. The fraction of sp³-hybridized carbons (Fsp3) is 0.0769. The molecule has 8 heteroatoms. The lowest BCUT2D eigenvalue weighted by Gasteiger charge is -2.02. The van der Waals surface area contributed by atoms with E-state index in [0.717, 1.165) is 14.2 Å². The molecule has 0 atom stereocenters. The lowest BCUT2D eigenvalue weighted by atomic mass is 10.2. The molecule has 0 bridgehead atoms. The van der Waals surface area contributed by atoms with Crippen LogP contribution in [0.5, 0.6) is 0 Å². The van der Waals surface area contributed by atoms with Crippen LogP contribution in [0.1, 0.15) is 4.88 Å². The zero-order valence-corrected chi connectivity index (χ0v) is 15.4. The summed E-state index contributed by atoms with van der Waals surface area (Å²) in [6.07, 6.45) is 0. The maximum absolute atomic E-state index is 12.1. The average molecular weight is 420 g/mol. The molecule has 21 heavy (non-hydrogen) atoms. The molecule has 0 amide bonds. The summed E-state index contributed by atoms with van der Waals surface area (Å²) in [6.45, 7) is 0.312. The SMILES string of the molecule is O=S(=O)(NCc1cc(-c2ccsc2)cs1)c1ccc(Br)s1. The van der Waals surface area contributed by atoms with Gasteiger partial charge in [-0.15, -0.1) is 22.7 Å². The van der Waals surface area contributed by atoms with E-state index in [9.17, 15) is 8.42 Å². The first-order valence-corrected chi connectivity index (χ1v) is 10.8. The maximum atomic E-state index is 12.1. The van der Waals surface area contributed by atoms with Gasteiger partial charge in [-0.1, -0.05) is 0 Å². The van der Waals surface area contributed by atoms with Gasteiger partial charge in [-0.2, -0.15) is 11.3 Å². The number of thiophene rings is 3. The standard InChI is InChI=1S/C13H10BrNO2S4/c14-12-1-2-13(20-12)21(16,17)15-6-11-5-10(8-19-11)9-3-4-18-7-9/h1-5,7-8,15H,6H2. The van der Waals surface area contributed by atoms with Crippen LogP contribution in [0, 0.1) is 0 Å². The number of hydrogen-bond acceptors (Lipinski definition) is 5. The van der Waals surface area contributed by atoms with Gasteiger partial charge in [0.15, 0.2) is 0 Å². The number of halogens is 1. The van der Waals surface area contributed by atoms with Gasteiger partial charge in [0.25, 0.3) is 0 Å². The summed E-state index contributed by atoms with van der Waals surface area (Å²) in [4.78, 5) is 0.996. The summed E-state index contributed by atoms with van der Waals surface area (Å²) in [5, 5.41) is 6.16. The lowest BCUT2D eigenvalue weighted by Crippen LogP contribution is -2.21. The highest BCUT2D eigenvalue weighted by atomic mass is 79.9. The van der Waals surface area contributed by atoms with E-state index in [1.54, 1.807) is 34.8 Å². The van der Waals surface area contributed by atoms with Crippen LogP contribution in [0.25, 0.3) is 11.1 Å². The van der Waals surface area contributed by atoms with Crippen molar-refractivity contribution in [2.45, 2.75) is 10.8 Å². The summed E-state index contributed by atoms with van der Waals surface area (Å²) in [5.41, 5.74) is 2.31. The molecule has 3 rings (SSSR count). The quantitative estimate of drug-likeness (QED) is 0.646. The van der Waals surface area contributed by atoms with Crippen LogP contribution in [0.15, 0.2) is 48.4 Å². The fourth-order valence-electron chi connectivity index (χ4n) is 1.73. The normalized spacial score (nSPS) is 11.9. The second-order valence-electron chi connectivity index (χ2n) is 4.20. The Kier molecular flexibility index (Phi) is 4.63. The molecule has 1 N–H and O–H groups in total. The van der Waals surface area contributed by atoms with E-state index in [0.29, 0.717) is 10.8 Å². The molecule has 0 aliphatic rings. The molecule has 3 aromatic heterocycles. The minimum atomic E-state index is -3.43. The molecule has 0 aliphatic carbocycles. The second-order valence-corrected chi connectivity index (χ2v) is 10.4. The van der Waals surface area contributed by atoms with Crippen molar-refractivity contribution in [3.63, 3.8) is 0 Å². The summed E-state index contributed by atoms with van der Waals surface area (Å²) in [7, 11) is -3.43. The van der Waals surface area contributed by atoms with Gasteiger partial charge in [0.05, 0.1) is 3.79 Å². The molecular formula is C13H10BrNO2S4. The van der Waals surface area contributed by atoms with Crippen LogP contribution in [-0.2, 0) is 16.6 Å². The Morgan fingerprint density at radius 2 is 2.00 bits per heavy atom. The number of sulfonamides is 1. The monoisotopic (exact) mass is 419 g/mol. The molecule has 0 spiro atoms. The van der Waals surface area contributed by atoms with Gasteiger partial charge in [0.1, 0.15) is 4.21 Å². The molecule has 0 radical (unpaired) electrons. The zero-order chi connectivity index (χ0) is 14.9. The molecule has 0 saturated heterocycles. The largest absolute Gasteiger partial charge is 0.250 e. The van der Waals surface area contributed by atoms with Gasteiger partial charge in [0.2, 0.25) is 10.0 Å². The highest BCUT2D eigenvalue weighted by molar-refractivity contribution is 9.11. The number of hydrogen-bond donors (Lipinski definition) is 1. The highest BCUT2D eigenvalue weighted by Gasteiger charge is 2.16. The van der Waals surface area contributed by atoms with Crippen molar-refractivity contribution >= 4 is 60.0 Å². The second kappa shape index (κ2) is 6.31. The fourth-order valence-corrected chi connectivity index (χ4v) is 6.38. The first kappa shape index (κ1) is 15.4. The molecule has 3 heterocycles. The van der Waals surface area contributed by atoms with E-state index in [4.69, 9.17) is 0 Å². The van der Waals surface area contributed by atoms with Crippen molar-refractivity contribution in [2.75, 3.05) is 0 Å². The van der Waals surface area contributed by atoms with Crippen molar-refractivity contribution in [1.29, 1.82) is 0 Å². The van der Waals surface area contributed by atoms with Crippen LogP contribution in [0.4, 0.5) is 0 Å². The van der Waals surface area contributed by atoms with Crippen molar-refractivity contribution in [1.82, 2.24) is 4.72 Å². The van der Waals surface area contributed by atoms with Crippen molar-refractivity contribution in [2.24, 2.45) is 0 Å². The van der Waals surface area contributed by atoms with E-state index in [1.807, 2.05) is 16.8 Å². The van der Waals surface area contributed by atoms with Gasteiger partial charge in [0, 0.05) is 11.4 Å². The third-order valence-corrected chi connectivity index (χ3v) is 7.89. The summed E-state index contributed by atoms with van der Waals surface area (Å²) in [5.74, 6) is 0. The minimum absolute atomic E-state index is 0.312. The molecule has 3 aromatic rings. The molecule has 0 fully saturated rings. The molecule has 0 saturated carbocycles. The Morgan fingerprint density at radius 1 is 1.14 bits per heavy atom. The Balaban J connectivity index is 1.71. The predicted molar refractivity (Wildman–Crippen MR) is 93.7 cm³/mol. The number of nitrogens with one attached hydrogen (secondary N) is 1. The Hall–Kier alpha value is -0.510. The zero-order valence-electron chi connectivity index (χ0n) is 10.6. The maximum Gasteiger partial charge on any atom is 0.250 e. The highest BCUT2D eigenvalue weighted by Crippen LogP contribution is 2.28. The smallest absolute Gasteiger partial charge is 0.206 e. The van der Waals surface area contributed by atoms with Crippen molar-refractivity contribution in [3.8, 4) is 11.1 Å². The molecule has 110 valence electrons. The Bertz CT molecular complexity index is 833. The Morgan fingerprint density at radius 3 is 2.67 bits per heavy atom. The Labute approximate surface area is 143 Å². The van der Waals surface area contributed by atoms with E-state index in [-0.39, 0.29) is 0 Å². The summed E-state index contributed by atoms with van der Waals surface area (Å²) < 4.78 is 28.0. The van der Waals surface area contributed by atoms with Crippen molar-refractivity contribution < 1.29 is 8.42 Å². The first-order chi connectivity index (χ1) is 10.0. The van der Waals surface area contributed by atoms with Gasteiger partial charge in [-0.3, -0.25) is 0 Å². The van der Waals surface area contributed by atoms with Crippen LogP contribution in [0.3, 0.4) is 0 Å². The third-order valence-electron chi connectivity index (χ3n) is 2.76. The van der Waals surface area contributed by atoms with Crippen molar-refractivity contribution in [3.05, 3.63) is 49.1 Å². The predicted octanol–water partition coefficient (Wildman–Crippen LogP) is 4.78. The third kappa shape index (κ3) is 3.64. The summed E-state index contributed by atoms with van der Waals surface area (Å²) >= 11 is 7.69. The van der Waals surface area contributed by atoms with E-state index in [2.05, 4.69) is 32.1 Å². The molecular weight excluding hydrogens is 410 g/mol. The first-order valence-electron chi connectivity index (χ1n) is 5.89. The van der Waals surface area contributed by atoms with E-state index in [1.165, 1.54) is 16.9 Å². The topological polar surface area (TPSA) is 46.2 Å².